The number of Topliss-reactive ketones (excluding diaryl/α,β-unsaturated/α-hetero) is 2. The van der Waals surface area contributed by atoms with Crippen LogP contribution in [0, 0.1) is 17.8 Å². The molecule has 0 amide bonds. The van der Waals surface area contributed by atoms with Crippen LogP contribution in [0.4, 0.5) is 0 Å². The van der Waals surface area contributed by atoms with Gasteiger partial charge in [-0.2, -0.15) is 0 Å². The van der Waals surface area contributed by atoms with Gasteiger partial charge in [-0.1, -0.05) is 40.9 Å². The molecule has 0 heterocycles. The van der Waals surface area contributed by atoms with Crippen molar-refractivity contribution in [3.05, 3.63) is 21.2 Å². The summed E-state index contributed by atoms with van der Waals surface area (Å²) in [4.78, 5) is 22.4. The first-order valence-electron chi connectivity index (χ1n) is 4.61. The van der Waals surface area contributed by atoms with Crippen LogP contribution >= 0.6 is 46.4 Å². The smallest absolute Gasteiger partial charge is 0.180 e. The van der Waals surface area contributed by atoms with Gasteiger partial charge in [0.05, 0.1) is 11.0 Å². The highest BCUT2D eigenvalue weighted by Gasteiger charge is 2.70. The molecule has 2 bridgehead atoms. The SMILES string of the molecule is O=C1C(Cl)=C(Cl)[C@@H]2[C@@H]1[C@H]1C=C(Cl)[C@@]2(Cl)C1=O. The molecular formula is C10H4Cl4O2. The standard InChI is InChI=1S/C10H4Cl4O2/c11-3-1-2-4-5(10(3,14)9(2)16)6(12)7(13)8(4)15/h1-2,4-5H/t2-,4+,5+,10+/m1/s1. The summed E-state index contributed by atoms with van der Waals surface area (Å²) in [6, 6.07) is 0. The van der Waals surface area contributed by atoms with E-state index in [1.807, 2.05) is 0 Å². The fraction of sp³-hybridized carbons (Fsp3) is 0.400. The molecule has 0 aromatic rings. The van der Waals surface area contributed by atoms with Crippen molar-refractivity contribution in [3.63, 3.8) is 0 Å². The molecule has 0 radical (unpaired) electrons. The van der Waals surface area contributed by atoms with E-state index in [1.54, 1.807) is 0 Å². The molecule has 0 unspecified atom stereocenters. The fourth-order valence-corrected chi connectivity index (χ4v) is 4.26. The Bertz CT molecular complexity index is 507. The van der Waals surface area contributed by atoms with Crippen LogP contribution in [0.3, 0.4) is 0 Å². The van der Waals surface area contributed by atoms with Crippen molar-refractivity contribution in [2.24, 2.45) is 17.8 Å². The van der Waals surface area contributed by atoms with Gasteiger partial charge >= 0.3 is 0 Å². The van der Waals surface area contributed by atoms with E-state index in [0.717, 1.165) is 0 Å². The quantitative estimate of drug-likeness (QED) is 0.644. The summed E-state index contributed by atoms with van der Waals surface area (Å²) in [5.41, 5.74) is 0. The van der Waals surface area contributed by atoms with E-state index in [1.165, 1.54) is 6.08 Å². The molecule has 4 atom stereocenters. The van der Waals surface area contributed by atoms with Crippen LogP contribution in [0.1, 0.15) is 0 Å². The predicted octanol–water partition coefficient (Wildman–Crippen LogP) is 2.80. The molecule has 0 spiro atoms. The first-order chi connectivity index (χ1) is 7.40. The highest BCUT2D eigenvalue weighted by atomic mass is 35.5. The van der Waals surface area contributed by atoms with Gasteiger partial charge in [-0.3, -0.25) is 9.59 Å². The maximum absolute atomic E-state index is 12.0. The van der Waals surface area contributed by atoms with Crippen LogP contribution in [-0.2, 0) is 9.59 Å². The van der Waals surface area contributed by atoms with Crippen molar-refractivity contribution in [2.45, 2.75) is 4.87 Å². The molecule has 0 aromatic carbocycles. The summed E-state index contributed by atoms with van der Waals surface area (Å²) in [7, 11) is 0. The molecule has 6 heteroatoms. The summed E-state index contributed by atoms with van der Waals surface area (Å²) >= 11 is 24.0. The minimum Gasteiger partial charge on any atom is -0.297 e. The molecule has 0 N–H and O–H groups in total. The van der Waals surface area contributed by atoms with Crippen molar-refractivity contribution in [1.82, 2.24) is 0 Å². The summed E-state index contributed by atoms with van der Waals surface area (Å²) in [5, 5.41) is 0.399. The topological polar surface area (TPSA) is 34.1 Å². The minimum atomic E-state index is -1.37. The number of ketones is 2. The third-order valence-corrected chi connectivity index (χ3v) is 5.57. The molecule has 0 aliphatic heterocycles. The lowest BCUT2D eigenvalue weighted by Gasteiger charge is -2.26. The van der Waals surface area contributed by atoms with Gasteiger partial charge in [0.15, 0.2) is 11.6 Å². The van der Waals surface area contributed by atoms with Crippen molar-refractivity contribution in [2.75, 3.05) is 0 Å². The van der Waals surface area contributed by atoms with Gasteiger partial charge in [-0.25, -0.2) is 0 Å². The second kappa shape index (κ2) is 3.05. The molecule has 3 aliphatic carbocycles. The second-order valence-electron chi connectivity index (χ2n) is 4.15. The third-order valence-electron chi connectivity index (χ3n) is 3.51. The third kappa shape index (κ3) is 0.943. The van der Waals surface area contributed by atoms with Crippen molar-refractivity contribution >= 4 is 58.0 Å². The minimum absolute atomic E-state index is 0.0149. The number of fused-ring (bicyclic) bond motifs is 5. The zero-order valence-corrected chi connectivity index (χ0v) is 10.7. The second-order valence-corrected chi connectivity index (χ2v) is 5.93. The molecule has 3 aliphatic rings. The Balaban J connectivity index is 2.24. The van der Waals surface area contributed by atoms with Crippen LogP contribution in [0.25, 0.3) is 0 Å². The monoisotopic (exact) mass is 296 g/mol. The van der Waals surface area contributed by atoms with Crippen LogP contribution in [0.15, 0.2) is 21.2 Å². The van der Waals surface area contributed by atoms with E-state index in [-0.39, 0.29) is 26.7 Å². The maximum atomic E-state index is 12.0. The lowest BCUT2D eigenvalue weighted by Crippen LogP contribution is -2.34. The largest absolute Gasteiger partial charge is 0.297 e. The maximum Gasteiger partial charge on any atom is 0.180 e. The van der Waals surface area contributed by atoms with Crippen molar-refractivity contribution in [3.8, 4) is 0 Å². The van der Waals surface area contributed by atoms with E-state index in [4.69, 9.17) is 46.4 Å². The molecule has 2 nitrogen and oxygen atoms in total. The summed E-state index contributed by atoms with van der Waals surface area (Å²) < 4.78 is 0. The Hall–Kier alpha value is -0.0200. The number of alkyl halides is 1. The number of hydrogen-bond acceptors (Lipinski definition) is 2. The van der Waals surface area contributed by atoms with Gasteiger partial charge < -0.3 is 0 Å². The molecular weight excluding hydrogens is 294 g/mol. The van der Waals surface area contributed by atoms with Gasteiger partial charge in [0.1, 0.15) is 4.87 Å². The lowest BCUT2D eigenvalue weighted by atomic mass is 9.84. The number of rotatable bonds is 0. The lowest BCUT2D eigenvalue weighted by molar-refractivity contribution is -0.124. The van der Waals surface area contributed by atoms with Gasteiger partial charge in [0.2, 0.25) is 0 Å². The van der Waals surface area contributed by atoms with Crippen LogP contribution in [0.5, 0.6) is 0 Å². The van der Waals surface area contributed by atoms with Crippen molar-refractivity contribution < 1.29 is 9.59 Å². The van der Waals surface area contributed by atoms with Crippen LogP contribution < -0.4 is 0 Å². The zero-order valence-electron chi connectivity index (χ0n) is 7.64. The number of hydrogen-bond donors (Lipinski definition) is 0. The van der Waals surface area contributed by atoms with Crippen LogP contribution in [-0.4, -0.2) is 16.4 Å². The zero-order chi connectivity index (χ0) is 11.8. The highest BCUT2D eigenvalue weighted by molar-refractivity contribution is 6.55. The molecule has 3 rings (SSSR count). The fourth-order valence-electron chi connectivity index (χ4n) is 2.79. The number of carbonyl (C=O) groups excluding carboxylic acids is 2. The Labute approximate surface area is 111 Å². The molecule has 1 saturated carbocycles. The summed E-state index contributed by atoms with van der Waals surface area (Å²) in [5.74, 6) is -2.28. The van der Waals surface area contributed by atoms with Gasteiger partial charge in [0.25, 0.3) is 0 Å². The van der Waals surface area contributed by atoms with E-state index >= 15 is 0 Å². The number of halogens is 4. The predicted molar refractivity (Wildman–Crippen MR) is 61.7 cm³/mol. The molecule has 0 saturated heterocycles. The van der Waals surface area contributed by atoms with Gasteiger partial charge in [-0.05, 0) is 0 Å². The molecule has 1 fully saturated rings. The Morgan fingerprint density at radius 1 is 1.19 bits per heavy atom. The Morgan fingerprint density at radius 3 is 2.44 bits per heavy atom. The van der Waals surface area contributed by atoms with Gasteiger partial charge in [0, 0.05) is 21.9 Å². The van der Waals surface area contributed by atoms with Gasteiger partial charge in [-0.15, -0.1) is 11.6 Å². The Kier molecular flexibility index (Phi) is 2.11. The van der Waals surface area contributed by atoms with Crippen molar-refractivity contribution in [1.29, 1.82) is 0 Å². The molecule has 0 aromatic heterocycles. The first kappa shape index (κ1) is 11.1. The van der Waals surface area contributed by atoms with E-state index < -0.39 is 22.6 Å². The van der Waals surface area contributed by atoms with E-state index in [0.29, 0.717) is 0 Å². The molecule has 16 heavy (non-hydrogen) atoms. The van der Waals surface area contributed by atoms with Crippen LogP contribution in [0.2, 0.25) is 0 Å². The Morgan fingerprint density at radius 2 is 1.81 bits per heavy atom. The first-order valence-corrected chi connectivity index (χ1v) is 6.12. The summed E-state index contributed by atoms with van der Waals surface area (Å²) in [6.45, 7) is 0. The summed E-state index contributed by atoms with van der Waals surface area (Å²) in [6.07, 6.45) is 1.54. The number of carbonyl (C=O) groups is 2. The normalized spacial score (nSPS) is 45.5. The van der Waals surface area contributed by atoms with E-state index in [2.05, 4.69) is 0 Å². The van der Waals surface area contributed by atoms with E-state index in [9.17, 15) is 9.59 Å². The highest BCUT2D eigenvalue weighted by Crippen LogP contribution is 2.63. The average molecular weight is 298 g/mol. The average Bonchev–Trinajstić information content (AvgIpc) is 2.69. The number of allylic oxidation sites excluding steroid dienone is 4. The molecule has 84 valence electrons.